The van der Waals surface area contributed by atoms with E-state index in [9.17, 15) is 5.11 Å². The summed E-state index contributed by atoms with van der Waals surface area (Å²) in [5.74, 6) is 1.34. The maximum atomic E-state index is 11.0. The molecule has 0 aliphatic rings. The van der Waals surface area contributed by atoms with Gasteiger partial charge in [-0.3, -0.25) is 0 Å². The van der Waals surface area contributed by atoms with Crippen molar-refractivity contribution in [3.63, 3.8) is 0 Å². The van der Waals surface area contributed by atoms with Gasteiger partial charge in [-0.25, -0.2) is 0 Å². The van der Waals surface area contributed by atoms with E-state index in [1.807, 2.05) is 84.9 Å². The van der Waals surface area contributed by atoms with Crippen LogP contribution in [-0.2, 0) is 0 Å². The summed E-state index contributed by atoms with van der Waals surface area (Å²) in [6, 6.07) is 59.1. The molecule has 0 aliphatic carbocycles. The lowest BCUT2D eigenvalue weighted by Crippen LogP contribution is -2.06. The van der Waals surface area contributed by atoms with Gasteiger partial charge in [0.2, 0.25) is 0 Å². The van der Waals surface area contributed by atoms with Crippen LogP contribution < -0.4 is 10.2 Å². The van der Waals surface area contributed by atoms with E-state index in [1.54, 1.807) is 6.07 Å². The van der Waals surface area contributed by atoms with Gasteiger partial charge in [-0.1, -0.05) is 121 Å². The van der Waals surface area contributed by atoms with Crippen molar-refractivity contribution in [3.05, 3.63) is 176 Å². The molecule has 0 unspecified atom stereocenters. The number of nitrogens with zero attached hydrogens (tertiary/aromatic N) is 1. The summed E-state index contributed by atoms with van der Waals surface area (Å²) in [7, 11) is 6.46. The Hall–Kier alpha value is -6.98. The third-order valence-electron chi connectivity index (χ3n) is 10.1. The minimum absolute atomic E-state index is 0.175. The van der Waals surface area contributed by atoms with Gasteiger partial charge in [-0.05, 0) is 82.9 Å². The number of fused-ring (bicyclic) bond motifs is 6. The zero-order valence-electron chi connectivity index (χ0n) is 28.5. The number of aromatic nitrogens is 1. The molecule has 0 spiro atoms. The third-order valence-corrected chi connectivity index (χ3v) is 10.1. The van der Waals surface area contributed by atoms with Crippen LogP contribution >= 0.6 is 0 Å². The van der Waals surface area contributed by atoms with Gasteiger partial charge in [0.1, 0.15) is 36.3 Å². The highest BCUT2D eigenvalue weighted by molar-refractivity contribution is 6.34. The topological polar surface area (TPSA) is 47.5 Å². The highest BCUT2D eigenvalue weighted by atomic mass is 16.5. The number of ether oxygens (including phenoxy) is 1. The lowest BCUT2D eigenvalue weighted by Gasteiger charge is -2.14. The monoisotopic (exact) mass is 679 g/mol. The van der Waals surface area contributed by atoms with Crippen LogP contribution in [-0.4, -0.2) is 17.5 Å². The molecule has 0 saturated heterocycles. The van der Waals surface area contributed by atoms with Crippen molar-refractivity contribution in [1.82, 2.24) is 4.57 Å². The Kier molecular flexibility index (Phi) is 7.19. The molecule has 10 rings (SSSR count). The average molecular weight is 680 g/mol. The summed E-state index contributed by atoms with van der Waals surface area (Å²) in [5, 5.41) is 15.7. The van der Waals surface area contributed by atoms with E-state index in [0.717, 1.165) is 55.4 Å². The first-order chi connectivity index (χ1) is 26.1. The fourth-order valence-corrected chi connectivity index (χ4v) is 7.57. The number of hydrogen-bond donors (Lipinski definition) is 1. The van der Waals surface area contributed by atoms with Gasteiger partial charge in [0, 0.05) is 38.4 Å². The molecule has 10 aromatic rings. The number of rotatable bonds is 6. The van der Waals surface area contributed by atoms with Gasteiger partial charge in [-0.15, -0.1) is 0 Å². The van der Waals surface area contributed by atoms with Crippen molar-refractivity contribution >= 4 is 57.1 Å². The van der Waals surface area contributed by atoms with Crippen molar-refractivity contribution < 1.29 is 14.3 Å². The van der Waals surface area contributed by atoms with Crippen molar-refractivity contribution in [2.45, 2.75) is 0 Å². The number of benzene rings is 8. The smallest absolute Gasteiger partial charge is 0.143 e. The van der Waals surface area contributed by atoms with E-state index >= 15 is 0 Å². The Morgan fingerprint density at radius 2 is 1.13 bits per heavy atom. The fraction of sp³-hybridized carbons (Fsp3) is 0. The van der Waals surface area contributed by atoms with Crippen LogP contribution in [0.1, 0.15) is 0 Å². The molecule has 0 saturated carbocycles. The second-order valence-corrected chi connectivity index (χ2v) is 13.3. The third kappa shape index (κ3) is 5.25. The van der Waals surface area contributed by atoms with Crippen LogP contribution in [0.4, 0.5) is 0 Å². The molecular weight excluding hydrogens is 649 g/mol. The standard InChI is InChI=1S/C48H30BNO3/c49-42-25-21-31(30-19-23-34(24-20-30)50-43-16-4-1-11-37(43)38-12-2-5-17-44(38)50)29-47(42)52-35-10-7-9-32(27-35)41-28-33(22-26-45(41)51)36-14-8-15-40-39-13-3-6-18-46(39)53-48(36)40/h1-29,51H. The number of phenolic OH excluding ortho intramolecular Hbond substituents is 1. The molecule has 8 aromatic carbocycles. The van der Waals surface area contributed by atoms with E-state index in [4.69, 9.17) is 17.0 Å². The van der Waals surface area contributed by atoms with Crippen molar-refractivity contribution in [3.8, 4) is 56.3 Å². The normalized spacial score (nSPS) is 11.5. The van der Waals surface area contributed by atoms with Crippen LogP contribution in [0.2, 0.25) is 0 Å². The predicted molar refractivity (Wildman–Crippen MR) is 218 cm³/mol. The molecule has 0 bridgehead atoms. The van der Waals surface area contributed by atoms with Crippen molar-refractivity contribution in [2.75, 3.05) is 0 Å². The number of para-hydroxylation sites is 4. The molecular formula is C48H30BNO3. The minimum atomic E-state index is 0.175. The van der Waals surface area contributed by atoms with Gasteiger partial charge in [0.05, 0.1) is 11.0 Å². The van der Waals surface area contributed by atoms with Crippen LogP contribution in [0, 0.1) is 0 Å². The van der Waals surface area contributed by atoms with E-state index in [2.05, 4.69) is 89.5 Å². The second kappa shape index (κ2) is 12.4. The summed E-state index contributed by atoms with van der Waals surface area (Å²) in [5.41, 5.74) is 11.1. The SMILES string of the molecule is [B]c1ccc(-c2ccc(-n3c4ccccc4c4ccccc43)cc2)cc1Oc1cccc(-c2cc(-c3cccc4c3oc3ccccc34)ccc2O)c1. The molecule has 5 heteroatoms. The summed E-state index contributed by atoms with van der Waals surface area (Å²) < 4.78 is 15.1. The zero-order chi connectivity index (χ0) is 35.5. The average Bonchev–Trinajstić information content (AvgIpc) is 3.75. The Bertz CT molecular complexity index is 2960. The van der Waals surface area contributed by atoms with Gasteiger partial charge in [0.15, 0.2) is 0 Å². The van der Waals surface area contributed by atoms with Gasteiger partial charge in [-0.2, -0.15) is 0 Å². The van der Waals surface area contributed by atoms with Crippen LogP contribution in [0.3, 0.4) is 0 Å². The molecule has 2 aromatic heterocycles. The Morgan fingerprint density at radius 3 is 1.92 bits per heavy atom. The quantitative estimate of drug-likeness (QED) is 0.178. The largest absolute Gasteiger partial charge is 0.507 e. The molecule has 0 atom stereocenters. The number of furan rings is 1. The van der Waals surface area contributed by atoms with Crippen molar-refractivity contribution in [2.24, 2.45) is 0 Å². The summed E-state index contributed by atoms with van der Waals surface area (Å²) in [6.07, 6.45) is 0. The number of hydrogen-bond acceptors (Lipinski definition) is 3. The first-order valence-corrected chi connectivity index (χ1v) is 17.6. The van der Waals surface area contributed by atoms with Crippen LogP contribution in [0.25, 0.3) is 82.8 Å². The lowest BCUT2D eigenvalue weighted by molar-refractivity contribution is 0.477. The van der Waals surface area contributed by atoms with E-state index in [-0.39, 0.29) is 5.75 Å². The molecule has 1 N–H and O–H groups in total. The maximum absolute atomic E-state index is 11.0. The lowest BCUT2D eigenvalue weighted by atomic mass is 9.92. The fourth-order valence-electron chi connectivity index (χ4n) is 7.57. The van der Waals surface area contributed by atoms with Gasteiger partial charge < -0.3 is 18.8 Å². The molecule has 2 heterocycles. The Labute approximate surface area is 307 Å². The molecule has 248 valence electrons. The van der Waals surface area contributed by atoms with E-state index < -0.39 is 0 Å². The first-order valence-electron chi connectivity index (χ1n) is 17.6. The summed E-state index contributed by atoms with van der Waals surface area (Å²) in [6.45, 7) is 0. The number of phenols is 1. The van der Waals surface area contributed by atoms with Crippen molar-refractivity contribution in [1.29, 1.82) is 0 Å². The molecule has 53 heavy (non-hydrogen) atoms. The molecule has 0 amide bonds. The van der Waals surface area contributed by atoms with E-state index in [0.29, 0.717) is 22.5 Å². The van der Waals surface area contributed by atoms with Crippen LogP contribution in [0.5, 0.6) is 17.2 Å². The Morgan fingerprint density at radius 1 is 0.491 bits per heavy atom. The van der Waals surface area contributed by atoms with E-state index in [1.165, 1.54) is 21.8 Å². The summed E-state index contributed by atoms with van der Waals surface area (Å²) >= 11 is 0. The van der Waals surface area contributed by atoms with Crippen LogP contribution in [0.15, 0.2) is 180 Å². The first kappa shape index (κ1) is 30.8. The Balaban J connectivity index is 0.958. The highest BCUT2D eigenvalue weighted by Crippen LogP contribution is 2.40. The van der Waals surface area contributed by atoms with Gasteiger partial charge >= 0.3 is 0 Å². The second-order valence-electron chi connectivity index (χ2n) is 13.3. The number of aromatic hydroxyl groups is 1. The predicted octanol–water partition coefficient (Wildman–Crippen LogP) is 12.0. The highest BCUT2D eigenvalue weighted by Gasteiger charge is 2.16. The summed E-state index contributed by atoms with van der Waals surface area (Å²) in [4.78, 5) is 0. The zero-order valence-corrected chi connectivity index (χ0v) is 28.5. The molecule has 0 aliphatic heterocycles. The molecule has 2 radical (unpaired) electrons. The molecule has 0 fully saturated rings. The van der Waals surface area contributed by atoms with Gasteiger partial charge in [0.25, 0.3) is 0 Å². The maximum Gasteiger partial charge on any atom is 0.143 e. The molecule has 4 nitrogen and oxygen atoms in total. The minimum Gasteiger partial charge on any atom is -0.507 e.